The Morgan fingerprint density at radius 1 is 1.05 bits per heavy atom. The fourth-order valence-corrected chi connectivity index (χ4v) is 4.49. The molecule has 190 valence electrons. The number of nitrogens with zero attached hydrogens (tertiary/aromatic N) is 2. The van der Waals surface area contributed by atoms with Gasteiger partial charge < -0.3 is 15.2 Å². The Hall–Kier alpha value is -2.70. The molecule has 13 heteroatoms. The van der Waals surface area contributed by atoms with Crippen LogP contribution in [-0.2, 0) is 10.1 Å². The van der Waals surface area contributed by atoms with Gasteiger partial charge in [0.2, 0.25) is 0 Å². The van der Waals surface area contributed by atoms with Crippen LogP contribution in [0, 0.1) is 6.92 Å². The van der Waals surface area contributed by atoms with Crippen molar-refractivity contribution >= 4 is 67.1 Å². The van der Waals surface area contributed by atoms with E-state index in [1.54, 1.807) is 30.3 Å². The number of carbonyl (C=O) groups excluding carboxylic acids is 1. The molecule has 4 rings (SSSR count). The maximum atomic E-state index is 13.4. The summed E-state index contributed by atoms with van der Waals surface area (Å²) in [5.41, 5.74) is 0.135. The summed E-state index contributed by atoms with van der Waals surface area (Å²) in [4.78, 5) is 12.6. The van der Waals surface area contributed by atoms with Gasteiger partial charge in [0, 0.05) is 17.0 Å². The van der Waals surface area contributed by atoms with Crippen LogP contribution in [0.4, 0.5) is 17.1 Å². The Morgan fingerprint density at radius 3 is 2.42 bits per heavy atom. The van der Waals surface area contributed by atoms with Crippen LogP contribution in [0.25, 0.3) is 10.8 Å². The zero-order valence-electron chi connectivity index (χ0n) is 20.3. The van der Waals surface area contributed by atoms with Crippen molar-refractivity contribution in [2.24, 2.45) is 10.2 Å². The molecule has 0 saturated carbocycles. The van der Waals surface area contributed by atoms with Gasteiger partial charge in [-0.05, 0) is 48.2 Å². The number of amides is 1. The molecule has 0 radical (unpaired) electrons. The Kier molecular flexibility index (Phi) is 9.43. The summed E-state index contributed by atoms with van der Waals surface area (Å²) in [6.07, 6.45) is 0. The van der Waals surface area contributed by atoms with Crippen LogP contribution in [0.15, 0.2) is 75.8 Å². The van der Waals surface area contributed by atoms with Crippen molar-refractivity contribution in [1.29, 1.82) is 0 Å². The minimum Gasteiger partial charge on any atom is -0.870 e. The number of carbonyl (C=O) groups is 1. The molecule has 0 heterocycles. The molecule has 1 amide bonds. The molecule has 0 bridgehead atoms. The normalized spacial score (nSPS) is 11.4. The van der Waals surface area contributed by atoms with Gasteiger partial charge in [-0.3, -0.25) is 9.35 Å². The molecule has 0 aliphatic heterocycles. The molecule has 2 N–H and O–H groups in total. The molecule has 4 aromatic carbocycles. The van der Waals surface area contributed by atoms with E-state index in [1.807, 2.05) is 0 Å². The number of nitrogens with one attached hydrogen (secondary N) is 1. The number of ether oxygens (including phenoxy) is 1. The third-order valence-corrected chi connectivity index (χ3v) is 7.04. The van der Waals surface area contributed by atoms with Crippen molar-refractivity contribution in [3.05, 3.63) is 81.8 Å². The van der Waals surface area contributed by atoms with Gasteiger partial charge in [0.25, 0.3) is 16.0 Å². The van der Waals surface area contributed by atoms with E-state index >= 15 is 0 Å². The number of azo groups is 1. The van der Waals surface area contributed by atoms with E-state index in [0.717, 1.165) is 6.07 Å². The van der Waals surface area contributed by atoms with Crippen LogP contribution >= 0.6 is 23.2 Å². The average Bonchev–Trinajstić information content (AvgIpc) is 2.85. The van der Waals surface area contributed by atoms with Crippen LogP contribution < -0.4 is 44.7 Å². The Bertz CT molecular complexity index is 1700. The molecule has 38 heavy (non-hydrogen) atoms. The fourth-order valence-electron chi connectivity index (χ4n) is 3.54. The number of aryl methyl sites for hydroxylation is 1. The molecule has 0 fully saturated rings. The van der Waals surface area contributed by atoms with Crippen LogP contribution in [0.3, 0.4) is 0 Å². The van der Waals surface area contributed by atoms with Crippen LogP contribution in [-0.4, -0.2) is 26.0 Å². The minimum atomic E-state index is -4.54. The number of anilines is 1. The quantitative estimate of drug-likeness (QED) is 0.203. The summed E-state index contributed by atoms with van der Waals surface area (Å²) in [5.74, 6) is -0.947. The van der Waals surface area contributed by atoms with Crippen molar-refractivity contribution < 1.29 is 57.2 Å². The Balaban J connectivity index is 0.00000400. The van der Waals surface area contributed by atoms with Crippen molar-refractivity contribution in [3.8, 4) is 11.5 Å². The Labute approximate surface area is 250 Å². The van der Waals surface area contributed by atoms with Crippen molar-refractivity contribution in [2.75, 3.05) is 12.4 Å². The average molecular weight is 582 g/mol. The third kappa shape index (κ3) is 6.29. The van der Waals surface area contributed by atoms with Gasteiger partial charge in [0.15, 0.2) is 0 Å². The molecule has 0 atom stereocenters. The zero-order valence-corrected chi connectivity index (χ0v) is 24.6. The van der Waals surface area contributed by atoms with Gasteiger partial charge in [0.1, 0.15) is 11.4 Å². The van der Waals surface area contributed by atoms with E-state index in [-0.39, 0.29) is 62.2 Å². The van der Waals surface area contributed by atoms with Gasteiger partial charge in [-0.2, -0.15) is 13.5 Å². The number of methoxy groups -OCH3 is 1. The first-order chi connectivity index (χ1) is 17.5. The molecule has 0 aromatic heterocycles. The first kappa shape index (κ1) is 29.9. The topological polar surface area (TPSA) is 140 Å². The predicted molar refractivity (Wildman–Crippen MR) is 140 cm³/mol. The van der Waals surface area contributed by atoms with E-state index in [9.17, 15) is 22.9 Å². The van der Waals surface area contributed by atoms with Crippen molar-refractivity contribution in [2.45, 2.75) is 11.8 Å². The second-order valence-corrected chi connectivity index (χ2v) is 10.1. The molecule has 0 saturated heterocycles. The van der Waals surface area contributed by atoms with Crippen molar-refractivity contribution in [3.63, 3.8) is 0 Å². The van der Waals surface area contributed by atoms with Crippen molar-refractivity contribution in [1.82, 2.24) is 0 Å². The number of fused-ring (bicyclic) bond motifs is 1. The first-order valence-electron chi connectivity index (χ1n) is 10.6. The van der Waals surface area contributed by atoms with E-state index < -0.39 is 26.7 Å². The number of benzene rings is 4. The maximum Gasteiger partial charge on any atom is 1.00 e. The smallest absolute Gasteiger partial charge is 0.870 e. The molecule has 0 spiro atoms. The van der Waals surface area contributed by atoms with E-state index in [0.29, 0.717) is 22.1 Å². The third-order valence-electron chi connectivity index (χ3n) is 5.41. The SMILES string of the molecule is COc1ccc(NC(=O)c2cc3ccccc3c(N=Nc3cc(S(=O)(=O)O)cc(C)c3Cl)c2[O-])c(Cl)c1.[Na+]. The largest absolute Gasteiger partial charge is 1.00 e. The molecule has 0 unspecified atom stereocenters. The molecular formula is C25H18Cl2N3NaO6S. The van der Waals surface area contributed by atoms with Gasteiger partial charge >= 0.3 is 29.6 Å². The summed E-state index contributed by atoms with van der Waals surface area (Å²) in [6, 6.07) is 15.0. The van der Waals surface area contributed by atoms with Gasteiger partial charge in [-0.25, -0.2) is 0 Å². The van der Waals surface area contributed by atoms with Crippen LogP contribution in [0.5, 0.6) is 11.5 Å². The summed E-state index contributed by atoms with van der Waals surface area (Å²) in [6.45, 7) is 1.53. The molecule has 0 aliphatic carbocycles. The van der Waals surface area contributed by atoms with Gasteiger partial charge in [-0.1, -0.05) is 53.2 Å². The first-order valence-corrected chi connectivity index (χ1v) is 12.8. The van der Waals surface area contributed by atoms with Crippen LogP contribution in [0.2, 0.25) is 10.0 Å². The van der Waals surface area contributed by atoms with E-state index in [2.05, 4.69) is 15.5 Å². The predicted octanol–water partition coefficient (Wildman–Crippen LogP) is 3.46. The maximum absolute atomic E-state index is 13.4. The minimum absolute atomic E-state index is 0. The van der Waals surface area contributed by atoms with Gasteiger partial charge in [-0.15, -0.1) is 5.11 Å². The van der Waals surface area contributed by atoms with E-state index in [4.69, 9.17) is 27.9 Å². The monoisotopic (exact) mass is 581 g/mol. The summed E-state index contributed by atoms with van der Waals surface area (Å²) in [5, 5.41) is 25.3. The summed E-state index contributed by atoms with van der Waals surface area (Å²) in [7, 11) is -3.06. The second-order valence-electron chi connectivity index (χ2n) is 7.87. The summed E-state index contributed by atoms with van der Waals surface area (Å²) < 4.78 is 37.7. The van der Waals surface area contributed by atoms with E-state index in [1.165, 1.54) is 38.3 Å². The Morgan fingerprint density at radius 2 is 1.76 bits per heavy atom. The molecule has 4 aromatic rings. The number of halogens is 2. The standard InChI is InChI=1S/C25H19Cl2N3O6S.Na/c1-13-9-16(37(33,34)35)12-21(22(13)27)29-30-23-17-6-4-3-5-14(17)10-18(24(23)31)25(32)28-20-8-7-15(36-2)11-19(20)26;/h3-12,31H,1-2H3,(H,28,32)(H,33,34,35);/q;+1/p-1. The van der Waals surface area contributed by atoms with Gasteiger partial charge in [0.05, 0.1) is 33.4 Å². The number of hydrogen-bond donors (Lipinski definition) is 2. The van der Waals surface area contributed by atoms with Crippen LogP contribution in [0.1, 0.15) is 15.9 Å². The molecular weight excluding hydrogens is 564 g/mol. The number of rotatable bonds is 6. The molecule has 0 aliphatic rings. The molecule has 9 nitrogen and oxygen atoms in total. The second kappa shape index (κ2) is 12.0. The summed E-state index contributed by atoms with van der Waals surface area (Å²) >= 11 is 12.5. The zero-order chi connectivity index (χ0) is 26.9. The number of hydrogen-bond acceptors (Lipinski definition) is 7. The fraction of sp³-hybridized carbons (Fsp3) is 0.0800.